The molecule has 2 N–H and O–H groups in total. The first kappa shape index (κ1) is 21.0. The van der Waals surface area contributed by atoms with Gasteiger partial charge in [0, 0.05) is 38.1 Å². The van der Waals surface area contributed by atoms with E-state index in [2.05, 4.69) is 50.2 Å². The standard InChI is InChI=1S/C22H30N4O3S/c1-23-22(24-7-6-17-4-5-19-20(15-17)29-13-12-28-19)25-16-18(21-3-2-14-30-21)26-8-10-27-11-9-26/h2-5,14-15,18H,6-13,16H2,1H3,(H2,23,24,25). The van der Waals surface area contributed by atoms with Crippen molar-refractivity contribution in [1.29, 1.82) is 0 Å². The summed E-state index contributed by atoms with van der Waals surface area (Å²) in [5.74, 6) is 2.49. The molecule has 0 aliphatic carbocycles. The smallest absolute Gasteiger partial charge is 0.191 e. The summed E-state index contributed by atoms with van der Waals surface area (Å²) in [6.07, 6.45) is 0.884. The van der Waals surface area contributed by atoms with Crippen LogP contribution in [0.3, 0.4) is 0 Å². The Labute approximate surface area is 182 Å². The van der Waals surface area contributed by atoms with Crippen LogP contribution in [0, 0.1) is 0 Å². The largest absolute Gasteiger partial charge is 0.486 e. The van der Waals surface area contributed by atoms with Crippen LogP contribution in [0.1, 0.15) is 16.5 Å². The Balaban J connectivity index is 1.28. The fourth-order valence-corrected chi connectivity index (χ4v) is 4.62. The molecule has 1 fully saturated rings. The number of rotatable bonds is 7. The molecule has 2 aliphatic heterocycles. The van der Waals surface area contributed by atoms with Crippen LogP contribution in [0.4, 0.5) is 0 Å². The number of hydrogen-bond donors (Lipinski definition) is 2. The predicted octanol–water partition coefficient (Wildman–Crippen LogP) is 2.30. The lowest BCUT2D eigenvalue weighted by molar-refractivity contribution is 0.0177. The monoisotopic (exact) mass is 430 g/mol. The molecule has 0 saturated carbocycles. The number of fused-ring (bicyclic) bond motifs is 1. The van der Waals surface area contributed by atoms with Crippen molar-refractivity contribution in [3.05, 3.63) is 46.2 Å². The van der Waals surface area contributed by atoms with E-state index in [1.54, 1.807) is 11.3 Å². The SMILES string of the molecule is CN=C(NCCc1ccc2c(c1)OCCO2)NCC(c1cccs1)N1CCOCC1. The maximum Gasteiger partial charge on any atom is 0.191 e. The average Bonchev–Trinajstić information content (AvgIpc) is 3.33. The second kappa shape index (κ2) is 10.7. The lowest BCUT2D eigenvalue weighted by Crippen LogP contribution is -2.46. The molecule has 162 valence electrons. The molecule has 1 atom stereocenters. The van der Waals surface area contributed by atoms with Crippen LogP contribution in [0.2, 0.25) is 0 Å². The second-order valence-corrected chi connectivity index (χ2v) is 8.27. The van der Waals surface area contributed by atoms with Gasteiger partial charge in [0.15, 0.2) is 17.5 Å². The number of benzene rings is 1. The van der Waals surface area contributed by atoms with Gasteiger partial charge < -0.3 is 24.8 Å². The Kier molecular flexibility index (Phi) is 7.44. The first-order valence-electron chi connectivity index (χ1n) is 10.5. The van der Waals surface area contributed by atoms with Crippen LogP contribution in [0.25, 0.3) is 0 Å². The Morgan fingerprint density at radius 2 is 1.93 bits per heavy atom. The van der Waals surface area contributed by atoms with E-state index in [0.29, 0.717) is 19.3 Å². The third-order valence-electron chi connectivity index (χ3n) is 5.36. The van der Waals surface area contributed by atoms with Crippen LogP contribution < -0.4 is 20.1 Å². The summed E-state index contributed by atoms with van der Waals surface area (Å²) in [6, 6.07) is 10.8. The van der Waals surface area contributed by atoms with E-state index in [4.69, 9.17) is 14.2 Å². The third kappa shape index (κ3) is 5.44. The fraction of sp³-hybridized carbons (Fsp3) is 0.500. The Bertz CT molecular complexity index is 822. The minimum Gasteiger partial charge on any atom is -0.486 e. The normalized spacial score (nSPS) is 18.1. The molecule has 0 radical (unpaired) electrons. The number of hydrogen-bond acceptors (Lipinski definition) is 6. The van der Waals surface area contributed by atoms with Crippen molar-refractivity contribution < 1.29 is 14.2 Å². The summed E-state index contributed by atoms with van der Waals surface area (Å²) in [5.41, 5.74) is 1.21. The molecule has 1 aromatic heterocycles. The molecule has 3 heterocycles. The highest BCUT2D eigenvalue weighted by Gasteiger charge is 2.23. The number of aliphatic imine (C=N–C) groups is 1. The molecule has 2 aromatic rings. The summed E-state index contributed by atoms with van der Waals surface area (Å²) < 4.78 is 16.8. The highest BCUT2D eigenvalue weighted by atomic mass is 32.1. The second-order valence-electron chi connectivity index (χ2n) is 7.29. The average molecular weight is 431 g/mol. The molecule has 30 heavy (non-hydrogen) atoms. The van der Waals surface area contributed by atoms with Crippen LogP contribution >= 0.6 is 11.3 Å². The van der Waals surface area contributed by atoms with Gasteiger partial charge in [0.2, 0.25) is 0 Å². The highest BCUT2D eigenvalue weighted by Crippen LogP contribution is 2.30. The van der Waals surface area contributed by atoms with Crippen LogP contribution in [-0.2, 0) is 11.2 Å². The van der Waals surface area contributed by atoms with Gasteiger partial charge in [-0.05, 0) is 35.6 Å². The number of thiophene rings is 1. The molecule has 0 spiro atoms. The molecule has 8 heteroatoms. The van der Waals surface area contributed by atoms with Crippen LogP contribution in [0.5, 0.6) is 11.5 Å². The van der Waals surface area contributed by atoms with Crippen LogP contribution in [-0.4, -0.2) is 70.5 Å². The molecule has 0 bridgehead atoms. The van der Waals surface area contributed by atoms with Crippen molar-refractivity contribution in [2.24, 2.45) is 4.99 Å². The minimum absolute atomic E-state index is 0.324. The van der Waals surface area contributed by atoms with E-state index < -0.39 is 0 Å². The lowest BCUT2D eigenvalue weighted by Gasteiger charge is -2.34. The zero-order chi connectivity index (χ0) is 20.6. The molecular formula is C22H30N4O3S. The predicted molar refractivity (Wildman–Crippen MR) is 120 cm³/mol. The van der Waals surface area contributed by atoms with Crippen molar-refractivity contribution in [2.75, 3.05) is 59.7 Å². The van der Waals surface area contributed by atoms with Gasteiger partial charge in [-0.25, -0.2) is 0 Å². The van der Waals surface area contributed by atoms with Gasteiger partial charge in [-0.2, -0.15) is 0 Å². The third-order valence-corrected chi connectivity index (χ3v) is 6.33. The van der Waals surface area contributed by atoms with Gasteiger partial charge in [0.05, 0.1) is 19.3 Å². The highest BCUT2D eigenvalue weighted by molar-refractivity contribution is 7.10. The summed E-state index contributed by atoms with van der Waals surface area (Å²) in [6.45, 7) is 6.34. The van der Waals surface area contributed by atoms with Crippen molar-refractivity contribution in [1.82, 2.24) is 15.5 Å². The van der Waals surface area contributed by atoms with Crippen molar-refractivity contribution in [3.63, 3.8) is 0 Å². The maximum absolute atomic E-state index is 5.68. The topological polar surface area (TPSA) is 67.4 Å². The van der Waals surface area contributed by atoms with Gasteiger partial charge >= 0.3 is 0 Å². The van der Waals surface area contributed by atoms with Crippen molar-refractivity contribution in [2.45, 2.75) is 12.5 Å². The Morgan fingerprint density at radius 3 is 2.70 bits per heavy atom. The number of ether oxygens (including phenoxy) is 3. The van der Waals surface area contributed by atoms with E-state index in [1.807, 2.05) is 13.1 Å². The van der Waals surface area contributed by atoms with E-state index in [0.717, 1.165) is 63.3 Å². The van der Waals surface area contributed by atoms with Crippen LogP contribution in [0.15, 0.2) is 40.7 Å². The summed E-state index contributed by atoms with van der Waals surface area (Å²) in [5, 5.41) is 9.08. The molecule has 1 unspecified atom stereocenters. The summed E-state index contributed by atoms with van der Waals surface area (Å²) in [4.78, 5) is 8.26. The van der Waals surface area contributed by atoms with Crippen molar-refractivity contribution >= 4 is 17.3 Å². The van der Waals surface area contributed by atoms with Gasteiger partial charge in [-0.3, -0.25) is 9.89 Å². The zero-order valence-electron chi connectivity index (χ0n) is 17.4. The quantitative estimate of drug-likeness (QED) is 0.519. The Hall–Kier alpha value is -2.29. The van der Waals surface area contributed by atoms with E-state index in [-0.39, 0.29) is 0 Å². The number of guanidine groups is 1. The van der Waals surface area contributed by atoms with E-state index in [9.17, 15) is 0 Å². The van der Waals surface area contributed by atoms with E-state index in [1.165, 1.54) is 10.4 Å². The van der Waals surface area contributed by atoms with E-state index >= 15 is 0 Å². The number of nitrogens with zero attached hydrogens (tertiary/aromatic N) is 2. The molecule has 2 aliphatic rings. The maximum atomic E-state index is 5.68. The van der Waals surface area contributed by atoms with Crippen molar-refractivity contribution in [3.8, 4) is 11.5 Å². The van der Waals surface area contributed by atoms with Gasteiger partial charge in [0.1, 0.15) is 13.2 Å². The summed E-state index contributed by atoms with van der Waals surface area (Å²) in [7, 11) is 1.81. The Morgan fingerprint density at radius 1 is 1.10 bits per heavy atom. The zero-order valence-corrected chi connectivity index (χ0v) is 18.2. The molecule has 1 aromatic carbocycles. The molecule has 7 nitrogen and oxygen atoms in total. The molecular weight excluding hydrogens is 400 g/mol. The first-order chi connectivity index (χ1) is 14.8. The van der Waals surface area contributed by atoms with Gasteiger partial charge in [0.25, 0.3) is 0 Å². The molecule has 0 amide bonds. The summed E-state index contributed by atoms with van der Waals surface area (Å²) >= 11 is 1.81. The fourth-order valence-electron chi connectivity index (χ4n) is 3.76. The first-order valence-corrected chi connectivity index (χ1v) is 11.4. The number of morpholine rings is 1. The molecule has 4 rings (SSSR count). The minimum atomic E-state index is 0.324. The van der Waals surface area contributed by atoms with Gasteiger partial charge in [-0.15, -0.1) is 11.3 Å². The molecule has 1 saturated heterocycles. The van der Waals surface area contributed by atoms with Gasteiger partial charge in [-0.1, -0.05) is 12.1 Å². The number of nitrogens with one attached hydrogen (secondary N) is 2. The lowest BCUT2D eigenvalue weighted by atomic mass is 10.1.